The van der Waals surface area contributed by atoms with Crippen LogP contribution in [0.1, 0.15) is 12.5 Å². The molecule has 0 saturated carbocycles. The Morgan fingerprint density at radius 1 is 1.26 bits per heavy atom. The van der Waals surface area contributed by atoms with Crippen LogP contribution in [0.15, 0.2) is 54.9 Å². The number of imidazole rings is 1. The van der Waals surface area contributed by atoms with Crippen molar-refractivity contribution in [3.63, 3.8) is 0 Å². The molecular weight excluding hydrogens is 290 g/mol. The molecule has 5 nitrogen and oxygen atoms in total. The lowest BCUT2D eigenvalue weighted by Gasteiger charge is -2.07. The summed E-state index contributed by atoms with van der Waals surface area (Å²) >= 11 is 0. The fraction of sp³-hybridized carbons (Fsp3) is 0.111. The van der Waals surface area contributed by atoms with Crippen molar-refractivity contribution >= 4 is 34.5 Å². The van der Waals surface area contributed by atoms with Crippen molar-refractivity contribution in [3.05, 3.63) is 60.4 Å². The molecule has 23 heavy (non-hydrogen) atoms. The molecule has 1 heterocycles. The van der Waals surface area contributed by atoms with Gasteiger partial charge in [-0.15, -0.1) is 0 Å². The number of carbonyl (C=O) groups excluding carboxylic acids is 1. The Balaban J connectivity index is 1.75. The summed E-state index contributed by atoms with van der Waals surface area (Å²) in [6, 6.07) is 13.7. The van der Waals surface area contributed by atoms with Gasteiger partial charge in [0.2, 0.25) is 0 Å². The number of aromatic amines is 1. The standard InChI is InChI=1S/C18H17N3O2/c1-2-23-18(22)9-6-13-4-3-5-14(10-13)21-15-7-8-16-17(11-15)20-12-19-16/h3-12,21H,2H2,1H3,(H,19,20). The second-order valence-electron chi connectivity index (χ2n) is 4.97. The van der Waals surface area contributed by atoms with Crippen LogP contribution in [-0.2, 0) is 9.53 Å². The van der Waals surface area contributed by atoms with E-state index in [1.54, 1.807) is 19.3 Å². The average molecular weight is 307 g/mol. The van der Waals surface area contributed by atoms with Gasteiger partial charge in [-0.3, -0.25) is 0 Å². The van der Waals surface area contributed by atoms with Gasteiger partial charge < -0.3 is 15.0 Å². The first kappa shape index (κ1) is 14.8. The van der Waals surface area contributed by atoms with E-state index >= 15 is 0 Å². The van der Waals surface area contributed by atoms with Crippen LogP contribution in [0.2, 0.25) is 0 Å². The maximum absolute atomic E-state index is 11.4. The minimum Gasteiger partial charge on any atom is -0.463 e. The maximum Gasteiger partial charge on any atom is 0.330 e. The highest BCUT2D eigenvalue weighted by atomic mass is 16.5. The molecule has 3 aromatic rings. The van der Waals surface area contributed by atoms with Gasteiger partial charge in [-0.2, -0.15) is 0 Å². The molecule has 0 bridgehead atoms. The summed E-state index contributed by atoms with van der Waals surface area (Å²) in [5.74, 6) is -0.337. The number of ether oxygens (including phenoxy) is 1. The lowest BCUT2D eigenvalue weighted by molar-refractivity contribution is -0.137. The zero-order chi connectivity index (χ0) is 16.1. The molecule has 1 aromatic heterocycles. The van der Waals surface area contributed by atoms with Crippen molar-refractivity contribution in [1.82, 2.24) is 9.97 Å². The van der Waals surface area contributed by atoms with Crippen molar-refractivity contribution in [2.24, 2.45) is 0 Å². The number of benzene rings is 2. The third kappa shape index (κ3) is 3.77. The molecule has 0 fully saturated rings. The number of anilines is 2. The van der Waals surface area contributed by atoms with Crippen LogP contribution in [0.5, 0.6) is 0 Å². The Bertz CT molecular complexity index is 852. The average Bonchev–Trinajstić information content (AvgIpc) is 3.01. The molecule has 2 aromatic carbocycles. The van der Waals surface area contributed by atoms with Gasteiger partial charge >= 0.3 is 5.97 Å². The molecule has 0 saturated heterocycles. The Kier molecular flexibility index (Phi) is 4.38. The molecular formula is C18H17N3O2. The second-order valence-corrected chi connectivity index (χ2v) is 4.97. The van der Waals surface area contributed by atoms with Gasteiger partial charge in [0.25, 0.3) is 0 Å². The van der Waals surface area contributed by atoms with E-state index < -0.39 is 0 Å². The van der Waals surface area contributed by atoms with E-state index in [2.05, 4.69) is 15.3 Å². The van der Waals surface area contributed by atoms with Crippen molar-refractivity contribution < 1.29 is 9.53 Å². The largest absolute Gasteiger partial charge is 0.463 e. The smallest absolute Gasteiger partial charge is 0.330 e. The summed E-state index contributed by atoms with van der Waals surface area (Å²) < 4.78 is 4.87. The van der Waals surface area contributed by atoms with E-state index in [9.17, 15) is 4.79 Å². The Labute approximate surface area is 134 Å². The number of carbonyl (C=O) groups is 1. The third-order valence-electron chi connectivity index (χ3n) is 3.29. The SMILES string of the molecule is CCOC(=O)C=Cc1cccc(Nc2ccc3nc[nH]c3c2)c1. The van der Waals surface area contributed by atoms with E-state index in [0.29, 0.717) is 6.61 Å². The van der Waals surface area contributed by atoms with E-state index in [0.717, 1.165) is 28.0 Å². The highest BCUT2D eigenvalue weighted by Crippen LogP contribution is 2.21. The van der Waals surface area contributed by atoms with E-state index in [4.69, 9.17) is 4.74 Å². The fourth-order valence-electron chi connectivity index (χ4n) is 2.25. The summed E-state index contributed by atoms with van der Waals surface area (Å²) in [4.78, 5) is 18.6. The molecule has 116 valence electrons. The summed E-state index contributed by atoms with van der Waals surface area (Å²) in [6.07, 6.45) is 4.84. The van der Waals surface area contributed by atoms with Gasteiger partial charge in [-0.25, -0.2) is 9.78 Å². The molecule has 0 amide bonds. The third-order valence-corrected chi connectivity index (χ3v) is 3.29. The van der Waals surface area contributed by atoms with E-state index in [-0.39, 0.29) is 5.97 Å². The van der Waals surface area contributed by atoms with Gasteiger partial charge in [0, 0.05) is 17.5 Å². The number of esters is 1. The number of hydrogen-bond donors (Lipinski definition) is 2. The zero-order valence-corrected chi connectivity index (χ0v) is 12.7. The van der Waals surface area contributed by atoms with Gasteiger partial charge in [0.05, 0.1) is 24.0 Å². The first-order valence-electron chi connectivity index (χ1n) is 7.39. The first-order valence-corrected chi connectivity index (χ1v) is 7.39. The van der Waals surface area contributed by atoms with Crippen LogP contribution in [0.25, 0.3) is 17.1 Å². The quantitative estimate of drug-likeness (QED) is 0.554. The van der Waals surface area contributed by atoms with Gasteiger partial charge in [-0.05, 0) is 48.9 Å². The van der Waals surface area contributed by atoms with Gasteiger partial charge in [0.1, 0.15) is 0 Å². The zero-order valence-electron chi connectivity index (χ0n) is 12.7. The number of hydrogen-bond acceptors (Lipinski definition) is 4. The van der Waals surface area contributed by atoms with E-state index in [1.165, 1.54) is 6.08 Å². The summed E-state index contributed by atoms with van der Waals surface area (Å²) in [5.41, 5.74) is 4.74. The van der Waals surface area contributed by atoms with Crippen molar-refractivity contribution in [3.8, 4) is 0 Å². The Morgan fingerprint density at radius 3 is 3.00 bits per heavy atom. The van der Waals surface area contributed by atoms with Gasteiger partial charge in [-0.1, -0.05) is 12.1 Å². The summed E-state index contributed by atoms with van der Waals surface area (Å²) in [5, 5.41) is 3.34. The van der Waals surface area contributed by atoms with E-state index in [1.807, 2.05) is 42.5 Å². The number of fused-ring (bicyclic) bond motifs is 1. The van der Waals surface area contributed by atoms with Crippen LogP contribution in [-0.4, -0.2) is 22.5 Å². The molecule has 0 aliphatic heterocycles. The molecule has 5 heteroatoms. The fourth-order valence-corrected chi connectivity index (χ4v) is 2.25. The predicted octanol–water partition coefficient (Wildman–Crippen LogP) is 3.88. The number of nitrogens with zero attached hydrogens (tertiary/aromatic N) is 1. The highest BCUT2D eigenvalue weighted by molar-refractivity contribution is 5.87. The Morgan fingerprint density at radius 2 is 2.13 bits per heavy atom. The van der Waals surface area contributed by atoms with Crippen LogP contribution >= 0.6 is 0 Å². The normalized spacial score (nSPS) is 11.0. The molecule has 0 aliphatic carbocycles. The summed E-state index contributed by atoms with van der Waals surface area (Å²) in [6.45, 7) is 2.16. The van der Waals surface area contributed by atoms with Crippen LogP contribution in [0.3, 0.4) is 0 Å². The van der Waals surface area contributed by atoms with Crippen LogP contribution < -0.4 is 5.32 Å². The summed E-state index contributed by atoms with van der Waals surface area (Å²) in [7, 11) is 0. The Hall–Kier alpha value is -3.08. The molecule has 0 atom stereocenters. The minimum atomic E-state index is -0.337. The van der Waals surface area contributed by atoms with Crippen LogP contribution in [0.4, 0.5) is 11.4 Å². The molecule has 2 N–H and O–H groups in total. The predicted molar refractivity (Wildman–Crippen MR) is 91.5 cm³/mol. The second kappa shape index (κ2) is 6.79. The number of H-pyrrole nitrogens is 1. The molecule has 0 spiro atoms. The molecule has 3 rings (SSSR count). The lowest BCUT2D eigenvalue weighted by atomic mass is 10.1. The van der Waals surface area contributed by atoms with Gasteiger partial charge in [0.15, 0.2) is 0 Å². The minimum absolute atomic E-state index is 0.337. The van der Waals surface area contributed by atoms with Crippen molar-refractivity contribution in [2.45, 2.75) is 6.92 Å². The number of aromatic nitrogens is 2. The number of rotatable bonds is 5. The molecule has 0 aliphatic rings. The lowest BCUT2D eigenvalue weighted by Crippen LogP contribution is -1.98. The van der Waals surface area contributed by atoms with Crippen molar-refractivity contribution in [2.75, 3.05) is 11.9 Å². The number of nitrogens with one attached hydrogen (secondary N) is 2. The molecule has 0 radical (unpaired) electrons. The monoisotopic (exact) mass is 307 g/mol. The highest BCUT2D eigenvalue weighted by Gasteiger charge is 2.00. The first-order chi connectivity index (χ1) is 11.2. The van der Waals surface area contributed by atoms with Crippen LogP contribution in [0, 0.1) is 0 Å². The topological polar surface area (TPSA) is 67.0 Å². The maximum atomic E-state index is 11.4. The molecule has 0 unspecified atom stereocenters. The van der Waals surface area contributed by atoms with Crippen molar-refractivity contribution in [1.29, 1.82) is 0 Å².